The van der Waals surface area contributed by atoms with Gasteiger partial charge in [-0.3, -0.25) is 9.59 Å². The molecule has 0 radical (unpaired) electrons. The Hall–Kier alpha value is -1.91. The second-order valence-electron chi connectivity index (χ2n) is 7.27. The van der Waals surface area contributed by atoms with Gasteiger partial charge in [0, 0.05) is 18.0 Å². The van der Waals surface area contributed by atoms with Crippen molar-refractivity contribution in [2.75, 3.05) is 0 Å². The minimum absolute atomic E-state index is 0.116. The molecule has 23 heavy (non-hydrogen) atoms. The number of nitrogens with zero attached hydrogens (tertiary/aromatic N) is 1. The molecule has 1 aliphatic carbocycles. The highest BCUT2D eigenvalue weighted by Crippen LogP contribution is 2.29. The summed E-state index contributed by atoms with van der Waals surface area (Å²) in [5, 5.41) is 2.78. The number of rotatable bonds is 5. The van der Waals surface area contributed by atoms with Crippen LogP contribution in [0.5, 0.6) is 0 Å². The third-order valence-corrected chi connectivity index (χ3v) is 3.91. The van der Waals surface area contributed by atoms with E-state index >= 15 is 0 Å². The van der Waals surface area contributed by atoms with E-state index < -0.39 is 11.5 Å². The van der Waals surface area contributed by atoms with E-state index in [-0.39, 0.29) is 23.7 Å². The smallest absolute Gasteiger partial charge is 0.245 e. The summed E-state index contributed by atoms with van der Waals surface area (Å²) in [7, 11) is 0. The van der Waals surface area contributed by atoms with Gasteiger partial charge in [0.1, 0.15) is 11.9 Å². The van der Waals surface area contributed by atoms with Crippen LogP contribution in [0.3, 0.4) is 0 Å². The van der Waals surface area contributed by atoms with Crippen molar-refractivity contribution < 1.29 is 14.0 Å². The maximum atomic E-state index is 13.3. The van der Waals surface area contributed by atoms with Crippen molar-refractivity contribution >= 4 is 11.8 Å². The third kappa shape index (κ3) is 4.78. The maximum absolute atomic E-state index is 13.3. The Morgan fingerprint density at radius 3 is 2.52 bits per heavy atom. The molecule has 1 N–H and O–H groups in total. The first-order chi connectivity index (χ1) is 10.7. The van der Waals surface area contributed by atoms with Crippen LogP contribution < -0.4 is 5.32 Å². The summed E-state index contributed by atoms with van der Waals surface area (Å²) in [6.45, 7) is 7.50. The van der Waals surface area contributed by atoms with Gasteiger partial charge in [-0.25, -0.2) is 4.39 Å². The number of halogens is 1. The molecule has 0 aromatic heterocycles. The molecule has 5 heteroatoms. The van der Waals surface area contributed by atoms with Gasteiger partial charge in [-0.2, -0.15) is 0 Å². The van der Waals surface area contributed by atoms with E-state index in [0.717, 1.165) is 18.4 Å². The molecular formula is C18H25FN2O2. The minimum atomic E-state index is -0.587. The molecule has 1 saturated carbocycles. The van der Waals surface area contributed by atoms with Gasteiger partial charge in [0.2, 0.25) is 11.8 Å². The molecule has 1 fully saturated rings. The van der Waals surface area contributed by atoms with Crippen LogP contribution in [0, 0.1) is 11.2 Å². The van der Waals surface area contributed by atoms with E-state index in [0.29, 0.717) is 6.54 Å². The summed E-state index contributed by atoms with van der Waals surface area (Å²) in [6.07, 6.45) is 1.92. The average molecular weight is 320 g/mol. The first-order valence-corrected chi connectivity index (χ1v) is 8.04. The van der Waals surface area contributed by atoms with E-state index in [1.54, 1.807) is 17.9 Å². The van der Waals surface area contributed by atoms with E-state index in [2.05, 4.69) is 5.32 Å². The van der Waals surface area contributed by atoms with Gasteiger partial charge >= 0.3 is 0 Å². The quantitative estimate of drug-likeness (QED) is 0.907. The Morgan fingerprint density at radius 1 is 1.35 bits per heavy atom. The highest BCUT2D eigenvalue weighted by Gasteiger charge is 2.35. The predicted molar refractivity (Wildman–Crippen MR) is 87.0 cm³/mol. The van der Waals surface area contributed by atoms with Crippen molar-refractivity contribution in [3.8, 4) is 0 Å². The van der Waals surface area contributed by atoms with Crippen LogP contribution in [-0.2, 0) is 16.1 Å². The van der Waals surface area contributed by atoms with Crippen LogP contribution in [0.15, 0.2) is 24.3 Å². The first kappa shape index (κ1) is 17.4. The molecular weight excluding hydrogens is 295 g/mol. The lowest BCUT2D eigenvalue weighted by atomic mass is 9.95. The summed E-state index contributed by atoms with van der Waals surface area (Å²) < 4.78 is 13.3. The summed E-state index contributed by atoms with van der Waals surface area (Å²) in [4.78, 5) is 26.5. The molecule has 2 rings (SSSR count). The van der Waals surface area contributed by atoms with Gasteiger partial charge in [-0.15, -0.1) is 0 Å². The van der Waals surface area contributed by atoms with Gasteiger partial charge in [-0.1, -0.05) is 32.9 Å². The van der Waals surface area contributed by atoms with Crippen molar-refractivity contribution in [1.82, 2.24) is 10.2 Å². The maximum Gasteiger partial charge on any atom is 0.245 e. The average Bonchev–Trinajstić information content (AvgIpc) is 3.27. The molecule has 0 saturated heterocycles. The number of nitrogens with one attached hydrogen (secondary N) is 1. The zero-order valence-electron chi connectivity index (χ0n) is 14.2. The Labute approximate surface area is 137 Å². The summed E-state index contributed by atoms with van der Waals surface area (Å²) in [6, 6.07) is 5.89. The van der Waals surface area contributed by atoms with E-state index in [1.165, 1.54) is 12.1 Å². The molecule has 0 bridgehead atoms. The fraction of sp³-hybridized carbons (Fsp3) is 0.556. The third-order valence-electron chi connectivity index (χ3n) is 3.91. The molecule has 0 aliphatic heterocycles. The molecule has 2 amide bonds. The van der Waals surface area contributed by atoms with Crippen LogP contribution in [-0.4, -0.2) is 28.8 Å². The molecule has 4 nitrogen and oxygen atoms in total. The first-order valence-electron chi connectivity index (χ1n) is 8.04. The van der Waals surface area contributed by atoms with Gasteiger partial charge in [0.05, 0.1) is 0 Å². The molecule has 1 aromatic carbocycles. The van der Waals surface area contributed by atoms with Crippen LogP contribution in [0.1, 0.15) is 46.1 Å². The SMILES string of the molecule is CC(NC(=O)C(C)(C)C)C(=O)N(Cc1cccc(F)c1)C1CC1. The van der Waals surface area contributed by atoms with Crippen LogP contribution in [0.25, 0.3) is 0 Å². The van der Waals surface area contributed by atoms with E-state index in [1.807, 2.05) is 26.8 Å². The molecule has 0 spiro atoms. The van der Waals surface area contributed by atoms with Gasteiger partial charge in [0.25, 0.3) is 0 Å². The summed E-state index contributed by atoms with van der Waals surface area (Å²) >= 11 is 0. The zero-order chi connectivity index (χ0) is 17.2. The zero-order valence-corrected chi connectivity index (χ0v) is 14.2. The lowest BCUT2D eigenvalue weighted by molar-refractivity contribution is -0.139. The molecule has 1 atom stereocenters. The van der Waals surface area contributed by atoms with Gasteiger partial charge in [-0.05, 0) is 37.5 Å². The Morgan fingerprint density at radius 2 is 2.00 bits per heavy atom. The van der Waals surface area contributed by atoms with Crippen molar-refractivity contribution in [3.63, 3.8) is 0 Å². The largest absolute Gasteiger partial charge is 0.344 e. The van der Waals surface area contributed by atoms with Crippen molar-refractivity contribution in [1.29, 1.82) is 0 Å². The van der Waals surface area contributed by atoms with Crippen molar-refractivity contribution in [2.45, 2.75) is 59.2 Å². The lowest BCUT2D eigenvalue weighted by Gasteiger charge is -2.28. The van der Waals surface area contributed by atoms with Crippen LogP contribution in [0.4, 0.5) is 4.39 Å². The Balaban J connectivity index is 2.05. The number of carbonyl (C=O) groups excluding carboxylic acids is 2. The second-order valence-corrected chi connectivity index (χ2v) is 7.27. The van der Waals surface area contributed by atoms with Gasteiger partial charge < -0.3 is 10.2 Å². The second kappa shape index (κ2) is 6.69. The van der Waals surface area contributed by atoms with Crippen molar-refractivity contribution in [3.05, 3.63) is 35.6 Å². The minimum Gasteiger partial charge on any atom is -0.344 e. The molecule has 1 aliphatic rings. The number of carbonyl (C=O) groups is 2. The number of benzene rings is 1. The normalized spacial score (nSPS) is 15.9. The number of hydrogen-bond donors (Lipinski definition) is 1. The fourth-order valence-corrected chi connectivity index (χ4v) is 2.33. The predicted octanol–water partition coefficient (Wildman–Crippen LogP) is 2.87. The Bertz CT molecular complexity index is 591. The van der Waals surface area contributed by atoms with Crippen LogP contribution in [0.2, 0.25) is 0 Å². The summed E-state index contributed by atoms with van der Waals surface area (Å²) in [5.74, 6) is -0.575. The number of amides is 2. The van der Waals surface area contributed by atoms with E-state index in [4.69, 9.17) is 0 Å². The molecule has 1 unspecified atom stereocenters. The highest BCUT2D eigenvalue weighted by molar-refractivity contribution is 5.89. The van der Waals surface area contributed by atoms with Crippen LogP contribution >= 0.6 is 0 Å². The lowest BCUT2D eigenvalue weighted by Crippen LogP contribution is -2.50. The topological polar surface area (TPSA) is 49.4 Å². The fourth-order valence-electron chi connectivity index (χ4n) is 2.33. The monoisotopic (exact) mass is 320 g/mol. The van der Waals surface area contributed by atoms with Crippen molar-refractivity contribution in [2.24, 2.45) is 5.41 Å². The molecule has 0 heterocycles. The summed E-state index contributed by atoms with van der Waals surface area (Å²) in [5.41, 5.74) is 0.223. The highest BCUT2D eigenvalue weighted by atomic mass is 19.1. The standard InChI is InChI=1S/C18H25FN2O2/c1-12(20-17(23)18(2,3)4)16(22)21(15-8-9-15)11-13-6-5-7-14(19)10-13/h5-7,10,12,15H,8-9,11H2,1-4H3,(H,20,23). The Kier molecular flexibility index (Phi) is 5.07. The molecule has 1 aromatic rings. The van der Waals surface area contributed by atoms with Gasteiger partial charge in [0.15, 0.2) is 0 Å². The molecule has 126 valence electrons. The number of hydrogen-bond acceptors (Lipinski definition) is 2. The van der Waals surface area contributed by atoms with E-state index in [9.17, 15) is 14.0 Å².